The normalized spacial score (nSPS) is 12.6. The van der Waals surface area contributed by atoms with Crippen molar-refractivity contribution in [3.63, 3.8) is 0 Å². The summed E-state index contributed by atoms with van der Waals surface area (Å²) in [5.74, 6) is 0. The van der Waals surface area contributed by atoms with E-state index < -0.39 is 0 Å². The molecule has 1 atom stereocenters. The minimum absolute atomic E-state index is 0.156. The number of aryl methyl sites for hydroxylation is 1. The van der Waals surface area contributed by atoms with Crippen LogP contribution in [0, 0.1) is 6.92 Å². The van der Waals surface area contributed by atoms with Crippen molar-refractivity contribution in [2.24, 2.45) is 0 Å². The highest BCUT2D eigenvalue weighted by Crippen LogP contribution is 2.37. The van der Waals surface area contributed by atoms with E-state index in [1.165, 1.54) is 16.3 Å². The van der Waals surface area contributed by atoms with Gasteiger partial charge < -0.3 is 0 Å². The molecule has 3 rings (SSSR count). The average Bonchev–Trinajstić information content (AvgIpc) is 2.48. The molecule has 0 nitrogen and oxygen atoms in total. The van der Waals surface area contributed by atoms with Gasteiger partial charge in [-0.1, -0.05) is 70.5 Å². The Kier molecular flexibility index (Phi) is 3.82. The topological polar surface area (TPSA) is 0 Å². The summed E-state index contributed by atoms with van der Waals surface area (Å²) in [6.07, 6.45) is 0. The first-order chi connectivity index (χ1) is 9.68. The first kappa shape index (κ1) is 13.7. The van der Waals surface area contributed by atoms with E-state index >= 15 is 0 Å². The fourth-order valence-electron chi connectivity index (χ4n) is 2.54. The molecule has 20 heavy (non-hydrogen) atoms. The number of rotatable bonds is 2. The Hall–Kier alpha value is -1.31. The fourth-order valence-corrected chi connectivity index (χ4v) is 3.57. The Morgan fingerprint density at radius 1 is 0.800 bits per heavy atom. The Morgan fingerprint density at radius 2 is 1.45 bits per heavy atom. The van der Waals surface area contributed by atoms with E-state index in [9.17, 15) is 0 Å². The van der Waals surface area contributed by atoms with E-state index in [-0.39, 0.29) is 5.38 Å². The van der Waals surface area contributed by atoms with Crippen LogP contribution in [0.3, 0.4) is 0 Å². The van der Waals surface area contributed by atoms with Crippen molar-refractivity contribution in [1.82, 2.24) is 0 Å². The summed E-state index contributed by atoms with van der Waals surface area (Å²) in [5.41, 5.74) is 3.53. The molecule has 0 aliphatic rings. The van der Waals surface area contributed by atoms with Crippen molar-refractivity contribution < 1.29 is 0 Å². The van der Waals surface area contributed by atoms with Crippen LogP contribution < -0.4 is 0 Å². The number of hydrogen-bond acceptors (Lipinski definition) is 0. The Morgan fingerprint density at radius 3 is 2.20 bits per heavy atom. The van der Waals surface area contributed by atoms with Crippen LogP contribution in [0.25, 0.3) is 10.8 Å². The third-order valence-electron chi connectivity index (χ3n) is 3.63. The molecule has 0 fully saturated rings. The molecule has 3 aromatic carbocycles. The summed E-state index contributed by atoms with van der Waals surface area (Å²) >= 11 is 10.3. The highest BCUT2D eigenvalue weighted by atomic mass is 79.9. The van der Waals surface area contributed by atoms with E-state index in [2.05, 4.69) is 65.3 Å². The smallest absolute Gasteiger partial charge is 0.0852 e. The number of halogens is 2. The van der Waals surface area contributed by atoms with Crippen molar-refractivity contribution in [3.05, 3.63) is 81.8 Å². The monoisotopic (exact) mass is 344 g/mol. The molecule has 0 aromatic heterocycles. The molecule has 0 heterocycles. The summed E-state index contributed by atoms with van der Waals surface area (Å²) in [6, 6.07) is 20.8. The van der Waals surface area contributed by atoms with E-state index in [0.717, 1.165) is 15.6 Å². The predicted octanol–water partition coefficient (Wildman–Crippen LogP) is 6.24. The molecule has 100 valence electrons. The molecule has 1 unspecified atom stereocenters. The van der Waals surface area contributed by atoms with Gasteiger partial charge in [0, 0.05) is 4.47 Å². The Bertz CT molecular complexity index is 764. The third kappa shape index (κ3) is 2.36. The van der Waals surface area contributed by atoms with Gasteiger partial charge in [0.2, 0.25) is 0 Å². The van der Waals surface area contributed by atoms with Crippen LogP contribution in [-0.2, 0) is 0 Å². The first-order valence-electron chi connectivity index (χ1n) is 6.55. The first-order valence-corrected chi connectivity index (χ1v) is 7.78. The number of hydrogen-bond donors (Lipinski definition) is 0. The van der Waals surface area contributed by atoms with Crippen LogP contribution in [-0.4, -0.2) is 0 Å². The second-order valence-corrected chi connectivity index (χ2v) is 6.19. The summed E-state index contributed by atoms with van der Waals surface area (Å²) in [7, 11) is 0. The molecule has 0 bridgehead atoms. The van der Waals surface area contributed by atoms with Gasteiger partial charge in [-0.3, -0.25) is 0 Å². The summed E-state index contributed by atoms with van der Waals surface area (Å²) in [5, 5.41) is 2.34. The molecule has 0 radical (unpaired) electrons. The van der Waals surface area contributed by atoms with Gasteiger partial charge in [0.05, 0.1) is 5.38 Å². The Balaban J connectivity index is 2.20. The van der Waals surface area contributed by atoms with Crippen molar-refractivity contribution in [1.29, 1.82) is 0 Å². The lowest BCUT2D eigenvalue weighted by Gasteiger charge is -2.16. The van der Waals surface area contributed by atoms with Crippen LogP contribution in [0.5, 0.6) is 0 Å². The van der Waals surface area contributed by atoms with Gasteiger partial charge in [-0.2, -0.15) is 0 Å². The fraction of sp³-hybridized carbons (Fsp3) is 0.111. The van der Waals surface area contributed by atoms with Crippen LogP contribution in [0.1, 0.15) is 22.1 Å². The molecule has 0 aliphatic heterocycles. The third-order valence-corrected chi connectivity index (χ3v) is 4.82. The molecular weight excluding hydrogens is 332 g/mol. The lowest BCUT2D eigenvalue weighted by Crippen LogP contribution is -1.96. The highest BCUT2D eigenvalue weighted by molar-refractivity contribution is 9.10. The molecule has 3 aromatic rings. The van der Waals surface area contributed by atoms with Crippen LogP contribution >= 0.6 is 27.5 Å². The van der Waals surface area contributed by atoms with Crippen LogP contribution in [0.4, 0.5) is 0 Å². The number of alkyl halides is 1. The lowest BCUT2D eigenvalue weighted by atomic mass is 9.95. The minimum Gasteiger partial charge on any atom is -0.113 e. The molecule has 0 N–H and O–H groups in total. The quantitative estimate of drug-likeness (QED) is 0.482. The average molecular weight is 346 g/mol. The maximum absolute atomic E-state index is 6.74. The molecule has 0 saturated heterocycles. The van der Waals surface area contributed by atoms with Crippen LogP contribution in [0.15, 0.2) is 65.1 Å². The van der Waals surface area contributed by atoms with Gasteiger partial charge >= 0.3 is 0 Å². The van der Waals surface area contributed by atoms with Crippen molar-refractivity contribution in [3.8, 4) is 0 Å². The largest absolute Gasteiger partial charge is 0.113 e. The van der Waals surface area contributed by atoms with E-state index in [0.29, 0.717) is 0 Å². The van der Waals surface area contributed by atoms with E-state index in [1.807, 2.05) is 18.2 Å². The molecular formula is C18H14BrCl. The highest BCUT2D eigenvalue weighted by Gasteiger charge is 2.16. The van der Waals surface area contributed by atoms with Crippen molar-refractivity contribution in [2.75, 3.05) is 0 Å². The minimum atomic E-state index is -0.156. The zero-order valence-electron chi connectivity index (χ0n) is 11.1. The standard InChI is InChI=1S/C18H14BrCl/c1-12-10-11-15(14-7-3-2-6-13(12)14)18(20)16-8-4-5-9-17(16)19/h2-11,18H,1H3. The van der Waals surface area contributed by atoms with Gasteiger partial charge in [-0.25, -0.2) is 0 Å². The summed E-state index contributed by atoms with van der Waals surface area (Å²) < 4.78 is 1.05. The summed E-state index contributed by atoms with van der Waals surface area (Å²) in [4.78, 5) is 0. The summed E-state index contributed by atoms with van der Waals surface area (Å²) in [6.45, 7) is 2.13. The molecule has 0 saturated carbocycles. The molecule has 2 heteroatoms. The Labute approximate surface area is 132 Å². The predicted molar refractivity (Wildman–Crippen MR) is 90.5 cm³/mol. The van der Waals surface area contributed by atoms with Crippen molar-refractivity contribution in [2.45, 2.75) is 12.3 Å². The number of benzene rings is 3. The lowest BCUT2D eigenvalue weighted by molar-refractivity contribution is 1.14. The zero-order valence-corrected chi connectivity index (χ0v) is 13.4. The molecule has 0 aliphatic carbocycles. The van der Waals surface area contributed by atoms with Gasteiger partial charge in [-0.05, 0) is 40.5 Å². The zero-order chi connectivity index (χ0) is 14.1. The number of fused-ring (bicyclic) bond motifs is 1. The van der Waals surface area contributed by atoms with Gasteiger partial charge in [0.25, 0.3) is 0 Å². The SMILES string of the molecule is Cc1ccc(C(Cl)c2ccccc2Br)c2ccccc12. The second kappa shape index (κ2) is 5.59. The van der Waals surface area contributed by atoms with E-state index in [4.69, 9.17) is 11.6 Å². The maximum Gasteiger partial charge on any atom is 0.0852 e. The van der Waals surface area contributed by atoms with E-state index in [1.54, 1.807) is 0 Å². The van der Waals surface area contributed by atoms with Gasteiger partial charge in [-0.15, -0.1) is 11.6 Å². The maximum atomic E-state index is 6.74. The molecule has 0 spiro atoms. The van der Waals surface area contributed by atoms with Crippen LogP contribution in [0.2, 0.25) is 0 Å². The molecule has 0 amide bonds. The van der Waals surface area contributed by atoms with Gasteiger partial charge in [0.1, 0.15) is 0 Å². The second-order valence-electron chi connectivity index (χ2n) is 4.90. The van der Waals surface area contributed by atoms with Gasteiger partial charge in [0.15, 0.2) is 0 Å². The van der Waals surface area contributed by atoms with Crippen molar-refractivity contribution >= 4 is 38.3 Å².